The van der Waals surface area contributed by atoms with Gasteiger partial charge < -0.3 is 4.74 Å². The monoisotopic (exact) mass is 198 g/mol. The maximum absolute atomic E-state index is 10.5. The van der Waals surface area contributed by atoms with Crippen LogP contribution < -0.4 is 0 Å². The minimum Gasteiger partial charge on any atom is -0.384 e. The molecule has 0 aliphatic heterocycles. The van der Waals surface area contributed by atoms with E-state index in [0.29, 0.717) is 18.6 Å². The molecule has 11 heavy (non-hydrogen) atoms. The topological polar surface area (TPSA) is 43.4 Å². The smallest absolute Gasteiger partial charge is 0.236 e. The molecule has 0 N–H and O–H groups in total. The van der Waals surface area contributed by atoms with Gasteiger partial charge >= 0.3 is 0 Å². The molecule has 0 spiro atoms. The van der Waals surface area contributed by atoms with E-state index in [1.807, 2.05) is 0 Å². The molecule has 0 radical (unpaired) electrons. The maximum atomic E-state index is 10.5. The van der Waals surface area contributed by atoms with E-state index in [2.05, 4.69) is 6.58 Å². The first-order valence-electron chi connectivity index (χ1n) is 3.03. The average Bonchev–Trinajstić information content (AvgIpc) is 1.79. The van der Waals surface area contributed by atoms with Gasteiger partial charge in [0.25, 0.3) is 0 Å². The number of hydrogen-bond acceptors (Lipinski definition) is 3. The molecular formula is C6H11ClO3S. The van der Waals surface area contributed by atoms with Crippen LogP contribution >= 0.6 is 10.7 Å². The summed E-state index contributed by atoms with van der Waals surface area (Å²) < 4.78 is 25.7. The van der Waals surface area contributed by atoms with E-state index in [1.165, 1.54) is 0 Å². The van der Waals surface area contributed by atoms with Crippen molar-refractivity contribution in [2.24, 2.45) is 0 Å². The molecule has 66 valence electrons. The predicted molar refractivity (Wildman–Crippen MR) is 45.3 cm³/mol. The zero-order chi connectivity index (χ0) is 8.91. The Hall–Kier alpha value is -0.0600. The molecule has 0 atom stereocenters. The second-order valence-corrected chi connectivity index (χ2v) is 4.95. The van der Waals surface area contributed by atoms with Crippen LogP contribution in [-0.4, -0.2) is 27.9 Å². The highest BCUT2D eigenvalue weighted by atomic mass is 35.7. The molecule has 0 heterocycles. The molecule has 0 saturated carbocycles. The maximum Gasteiger partial charge on any atom is 0.236 e. The van der Waals surface area contributed by atoms with E-state index in [4.69, 9.17) is 15.4 Å². The summed E-state index contributed by atoms with van der Waals surface area (Å²) >= 11 is 0. The predicted octanol–water partition coefficient (Wildman–Crippen LogP) is 1.15. The third-order valence-electron chi connectivity index (χ3n) is 1.04. The van der Waals surface area contributed by atoms with Crippen molar-refractivity contribution in [3.8, 4) is 0 Å². The van der Waals surface area contributed by atoms with Gasteiger partial charge in [-0.25, -0.2) is 8.42 Å². The van der Waals surface area contributed by atoms with Crippen LogP contribution in [0.1, 0.15) is 6.42 Å². The van der Waals surface area contributed by atoms with Crippen LogP contribution in [0.15, 0.2) is 12.2 Å². The Morgan fingerprint density at radius 2 is 2.18 bits per heavy atom. The lowest BCUT2D eigenvalue weighted by atomic mass is 10.3. The van der Waals surface area contributed by atoms with Gasteiger partial charge in [0.2, 0.25) is 9.05 Å². The highest BCUT2D eigenvalue weighted by Crippen LogP contribution is 2.06. The lowest BCUT2D eigenvalue weighted by Gasteiger charge is -2.00. The second-order valence-electron chi connectivity index (χ2n) is 2.18. The standard InChI is InChI=1S/C6H11ClO3S/c1-6(3-4-10-2)5-11(7,8)9/h1,3-5H2,2H3. The summed E-state index contributed by atoms with van der Waals surface area (Å²) in [5.41, 5.74) is 0.571. The number of ether oxygens (including phenoxy) is 1. The van der Waals surface area contributed by atoms with Gasteiger partial charge in [0.15, 0.2) is 0 Å². The van der Waals surface area contributed by atoms with Gasteiger partial charge in [0, 0.05) is 24.4 Å². The van der Waals surface area contributed by atoms with Crippen molar-refractivity contribution in [2.45, 2.75) is 6.42 Å². The largest absolute Gasteiger partial charge is 0.384 e. The normalized spacial score (nSPS) is 11.5. The lowest BCUT2D eigenvalue weighted by molar-refractivity contribution is 0.202. The summed E-state index contributed by atoms with van der Waals surface area (Å²) in [5.74, 6) is -0.169. The SMILES string of the molecule is C=C(CCOC)CS(=O)(=O)Cl. The van der Waals surface area contributed by atoms with Gasteiger partial charge in [-0.3, -0.25) is 0 Å². The van der Waals surface area contributed by atoms with Crippen LogP contribution in [0.5, 0.6) is 0 Å². The molecule has 0 aromatic carbocycles. The van der Waals surface area contributed by atoms with E-state index < -0.39 is 9.05 Å². The summed E-state index contributed by atoms with van der Waals surface area (Å²) in [4.78, 5) is 0. The van der Waals surface area contributed by atoms with E-state index in [0.717, 1.165) is 0 Å². The first kappa shape index (κ1) is 10.9. The molecule has 0 unspecified atom stereocenters. The van der Waals surface area contributed by atoms with Crippen molar-refractivity contribution in [1.29, 1.82) is 0 Å². The van der Waals surface area contributed by atoms with Crippen molar-refractivity contribution in [2.75, 3.05) is 19.5 Å². The number of methoxy groups -OCH3 is 1. The van der Waals surface area contributed by atoms with Crippen molar-refractivity contribution in [3.05, 3.63) is 12.2 Å². The van der Waals surface area contributed by atoms with Crippen LogP contribution in [0.2, 0.25) is 0 Å². The highest BCUT2D eigenvalue weighted by Gasteiger charge is 2.06. The first-order chi connectivity index (χ1) is 4.95. The third-order valence-corrected chi connectivity index (χ3v) is 2.12. The Balaban J connectivity index is 3.71. The lowest BCUT2D eigenvalue weighted by Crippen LogP contribution is -2.02. The third kappa shape index (κ3) is 7.84. The van der Waals surface area contributed by atoms with Gasteiger partial charge in [0.1, 0.15) is 0 Å². The zero-order valence-corrected chi connectivity index (χ0v) is 7.91. The Morgan fingerprint density at radius 1 is 1.64 bits per heavy atom. The van der Waals surface area contributed by atoms with Crippen molar-refractivity contribution in [3.63, 3.8) is 0 Å². The molecular weight excluding hydrogens is 188 g/mol. The molecule has 0 fully saturated rings. The summed E-state index contributed by atoms with van der Waals surface area (Å²) in [6, 6.07) is 0. The average molecular weight is 199 g/mol. The van der Waals surface area contributed by atoms with Gasteiger partial charge in [-0.05, 0) is 6.42 Å². The van der Waals surface area contributed by atoms with E-state index in [-0.39, 0.29) is 5.75 Å². The molecule has 0 aromatic heterocycles. The van der Waals surface area contributed by atoms with Gasteiger partial charge in [-0.15, -0.1) is 0 Å². The molecule has 0 amide bonds. The summed E-state index contributed by atoms with van der Waals surface area (Å²) in [7, 11) is 3.09. The number of rotatable bonds is 5. The summed E-state index contributed by atoms with van der Waals surface area (Å²) in [6.45, 7) is 4.01. The Kier molecular flexibility index (Phi) is 4.72. The van der Waals surface area contributed by atoms with Crippen LogP contribution in [0.3, 0.4) is 0 Å². The molecule has 0 rings (SSSR count). The van der Waals surface area contributed by atoms with Crippen LogP contribution in [0, 0.1) is 0 Å². The fourth-order valence-electron chi connectivity index (χ4n) is 0.562. The van der Waals surface area contributed by atoms with Gasteiger partial charge in [-0.2, -0.15) is 0 Å². The second kappa shape index (κ2) is 4.74. The molecule has 0 saturated heterocycles. The summed E-state index contributed by atoms with van der Waals surface area (Å²) in [6.07, 6.45) is 0.530. The van der Waals surface area contributed by atoms with E-state index in [9.17, 15) is 8.42 Å². The fourth-order valence-corrected chi connectivity index (χ4v) is 1.66. The van der Waals surface area contributed by atoms with Crippen LogP contribution in [-0.2, 0) is 13.8 Å². The van der Waals surface area contributed by atoms with E-state index in [1.54, 1.807) is 7.11 Å². The quantitative estimate of drug-likeness (QED) is 0.492. The summed E-state index contributed by atoms with van der Waals surface area (Å²) in [5, 5.41) is 0. The Bertz CT molecular complexity index is 220. The molecule has 0 bridgehead atoms. The van der Waals surface area contributed by atoms with Crippen molar-refractivity contribution >= 4 is 19.7 Å². The van der Waals surface area contributed by atoms with Crippen molar-refractivity contribution < 1.29 is 13.2 Å². The molecule has 0 aliphatic carbocycles. The van der Waals surface area contributed by atoms with Gasteiger partial charge in [0.05, 0.1) is 5.75 Å². The minimum atomic E-state index is -3.44. The fraction of sp³-hybridized carbons (Fsp3) is 0.667. The number of hydrogen-bond donors (Lipinski definition) is 0. The van der Waals surface area contributed by atoms with Crippen molar-refractivity contribution in [1.82, 2.24) is 0 Å². The Morgan fingerprint density at radius 3 is 2.55 bits per heavy atom. The van der Waals surface area contributed by atoms with Crippen LogP contribution in [0.25, 0.3) is 0 Å². The molecule has 0 aromatic rings. The highest BCUT2D eigenvalue weighted by molar-refractivity contribution is 8.13. The Labute approximate surface area is 71.4 Å². The number of halogens is 1. The first-order valence-corrected chi connectivity index (χ1v) is 5.51. The zero-order valence-electron chi connectivity index (χ0n) is 6.34. The molecule has 5 heteroatoms. The van der Waals surface area contributed by atoms with Gasteiger partial charge in [-0.1, -0.05) is 12.2 Å². The minimum absolute atomic E-state index is 0.169. The van der Waals surface area contributed by atoms with E-state index >= 15 is 0 Å². The molecule has 3 nitrogen and oxygen atoms in total. The molecule has 0 aliphatic rings. The van der Waals surface area contributed by atoms with Crippen LogP contribution in [0.4, 0.5) is 0 Å².